The third-order valence-electron chi connectivity index (χ3n) is 3.62. The van der Waals surface area contributed by atoms with Crippen LogP contribution in [-0.4, -0.2) is 21.8 Å². The molecule has 6 nitrogen and oxygen atoms in total. The van der Waals surface area contributed by atoms with Crippen molar-refractivity contribution in [3.8, 4) is 0 Å². The molecule has 0 fully saturated rings. The van der Waals surface area contributed by atoms with Gasteiger partial charge in [0.1, 0.15) is 0 Å². The summed E-state index contributed by atoms with van der Waals surface area (Å²) in [5.41, 5.74) is -0.365. The molecule has 0 saturated carbocycles. The minimum Gasteiger partial charge on any atom is -0.319 e. The molecule has 9 heteroatoms. The SMILES string of the molecule is O=C(Nc1cnc(NC(=O)c2cccc(C(F)(F)F)c2)nc1)c1ccccc1. The van der Waals surface area contributed by atoms with Crippen LogP contribution in [0.3, 0.4) is 0 Å². The van der Waals surface area contributed by atoms with Crippen LogP contribution < -0.4 is 10.6 Å². The molecule has 0 aliphatic rings. The van der Waals surface area contributed by atoms with Crippen LogP contribution >= 0.6 is 0 Å². The number of nitrogens with one attached hydrogen (secondary N) is 2. The number of carbonyl (C=O) groups excluding carboxylic acids is 2. The summed E-state index contributed by atoms with van der Waals surface area (Å²) in [6, 6.07) is 12.5. The lowest BCUT2D eigenvalue weighted by atomic mass is 10.1. The lowest BCUT2D eigenvalue weighted by Gasteiger charge is -2.09. The molecule has 3 aromatic rings. The Morgan fingerprint density at radius 1 is 0.786 bits per heavy atom. The van der Waals surface area contributed by atoms with E-state index in [-0.39, 0.29) is 17.4 Å². The van der Waals surface area contributed by atoms with Gasteiger partial charge in [-0.2, -0.15) is 13.2 Å². The van der Waals surface area contributed by atoms with Crippen molar-refractivity contribution in [3.05, 3.63) is 83.7 Å². The van der Waals surface area contributed by atoms with Crippen LogP contribution in [-0.2, 0) is 6.18 Å². The van der Waals surface area contributed by atoms with Gasteiger partial charge in [-0.1, -0.05) is 24.3 Å². The first-order chi connectivity index (χ1) is 13.3. The number of rotatable bonds is 4. The Hall–Kier alpha value is -3.75. The van der Waals surface area contributed by atoms with E-state index in [1.165, 1.54) is 18.5 Å². The molecular weight excluding hydrogens is 373 g/mol. The molecule has 0 aliphatic carbocycles. The van der Waals surface area contributed by atoms with E-state index in [0.717, 1.165) is 18.2 Å². The van der Waals surface area contributed by atoms with Gasteiger partial charge in [0.15, 0.2) is 0 Å². The highest BCUT2D eigenvalue weighted by molar-refractivity contribution is 6.04. The zero-order valence-corrected chi connectivity index (χ0v) is 14.2. The first-order valence-corrected chi connectivity index (χ1v) is 8.00. The van der Waals surface area contributed by atoms with Gasteiger partial charge >= 0.3 is 6.18 Å². The van der Waals surface area contributed by atoms with Gasteiger partial charge in [0.2, 0.25) is 5.95 Å². The molecule has 0 radical (unpaired) electrons. The zero-order valence-electron chi connectivity index (χ0n) is 14.2. The zero-order chi connectivity index (χ0) is 20.1. The monoisotopic (exact) mass is 386 g/mol. The van der Waals surface area contributed by atoms with Gasteiger partial charge in [-0.3, -0.25) is 14.9 Å². The van der Waals surface area contributed by atoms with E-state index in [1.54, 1.807) is 30.3 Å². The summed E-state index contributed by atoms with van der Waals surface area (Å²) in [6.45, 7) is 0. The van der Waals surface area contributed by atoms with Crippen molar-refractivity contribution in [2.24, 2.45) is 0 Å². The van der Waals surface area contributed by atoms with Crippen molar-refractivity contribution in [3.63, 3.8) is 0 Å². The predicted molar refractivity (Wildman–Crippen MR) is 95.8 cm³/mol. The quantitative estimate of drug-likeness (QED) is 0.710. The first kappa shape index (κ1) is 19.0. The number of hydrogen-bond donors (Lipinski definition) is 2. The smallest absolute Gasteiger partial charge is 0.319 e. The molecular formula is C19H13F3N4O2. The summed E-state index contributed by atoms with van der Waals surface area (Å²) in [4.78, 5) is 31.9. The van der Waals surface area contributed by atoms with Crippen LogP contribution in [0.15, 0.2) is 67.0 Å². The fourth-order valence-electron chi connectivity index (χ4n) is 2.26. The van der Waals surface area contributed by atoms with Crippen LogP contribution in [0, 0.1) is 0 Å². The van der Waals surface area contributed by atoms with E-state index >= 15 is 0 Å². The Bertz CT molecular complexity index is 990. The van der Waals surface area contributed by atoms with Gasteiger partial charge < -0.3 is 5.32 Å². The molecule has 2 N–H and O–H groups in total. The highest BCUT2D eigenvalue weighted by Gasteiger charge is 2.30. The Kier molecular flexibility index (Phi) is 5.35. The summed E-state index contributed by atoms with van der Waals surface area (Å²) in [6.07, 6.45) is -2.00. The summed E-state index contributed by atoms with van der Waals surface area (Å²) in [5, 5.41) is 4.90. The van der Waals surface area contributed by atoms with Gasteiger partial charge in [0, 0.05) is 11.1 Å². The lowest BCUT2D eigenvalue weighted by molar-refractivity contribution is -0.137. The lowest BCUT2D eigenvalue weighted by Crippen LogP contribution is -2.16. The van der Waals surface area contributed by atoms with Crippen LogP contribution in [0.2, 0.25) is 0 Å². The number of carbonyl (C=O) groups is 2. The summed E-state index contributed by atoms with van der Waals surface area (Å²) in [7, 11) is 0. The molecule has 2 amide bonds. The maximum atomic E-state index is 12.7. The molecule has 3 rings (SSSR count). The van der Waals surface area contributed by atoms with Gasteiger partial charge in [-0.25, -0.2) is 9.97 Å². The third kappa shape index (κ3) is 4.70. The number of halogens is 3. The van der Waals surface area contributed by atoms with Crippen molar-refractivity contribution < 1.29 is 22.8 Å². The van der Waals surface area contributed by atoms with E-state index in [1.807, 2.05) is 0 Å². The second-order valence-electron chi connectivity index (χ2n) is 5.65. The number of amides is 2. The molecule has 0 unspecified atom stereocenters. The average molecular weight is 386 g/mol. The number of hydrogen-bond acceptors (Lipinski definition) is 4. The van der Waals surface area contributed by atoms with Crippen LogP contribution in [0.25, 0.3) is 0 Å². The molecule has 1 heterocycles. The number of nitrogens with zero attached hydrogens (tertiary/aromatic N) is 2. The topological polar surface area (TPSA) is 84.0 Å². The second kappa shape index (κ2) is 7.87. The van der Waals surface area contributed by atoms with Crippen molar-refractivity contribution in [2.45, 2.75) is 6.18 Å². The molecule has 1 aromatic heterocycles. The molecule has 0 spiro atoms. The number of benzene rings is 2. The van der Waals surface area contributed by atoms with E-state index in [9.17, 15) is 22.8 Å². The fourth-order valence-corrected chi connectivity index (χ4v) is 2.26. The summed E-state index contributed by atoms with van der Waals surface area (Å²) < 4.78 is 38.2. The van der Waals surface area contributed by atoms with Crippen LogP contribution in [0.4, 0.5) is 24.8 Å². The summed E-state index contributed by atoms with van der Waals surface area (Å²) >= 11 is 0. The average Bonchev–Trinajstić information content (AvgIpc) is 2.69. The minimum absolute atomic E-state index is 0.111. The number of alkyl halides is 3. The standard InChI is InChI=1S/C19H13F3N4O2/c20-19(21,22)14-8-4-7-13(9-14)17(28)26-18-23-10-15(11-24-18)25-16(27)12-5-2-1-3-6-12/h1-11H,(H,25,27)(H,23,24,26,28). The van der Waals surface area contributed by atoms with Crippen molar-refractivity contribution in [1.29, 1.82) is 0 Å². The molecule has 2 aromatic carbocycles. The Morgan fingerprint density at radius 3 is 2.04 bits per heavy atom. The van der Waals surface area contributed by atoms with Crippen LogP contribution in [0.5, 0.6) is 0 Å². The van der Waals surface area contributed by atoms with Gasteiger partial charge in [0.25, 0.3) is 11.8 Å². The fraction of sp³-hybridized carbons (Fsp3) is 0.0526. The minimum atomic E-state index is -4.55. The van der Waals surface area contributed by atoms with Crippen LogP contribution in [0.1, 0.15) is 26.3 Å². The summed E-state index contributed by atoms with van der Waals surface area (Å²) in [5.74, 6) is -1.25. The second-order valence-corrected chi connectivity index (χ2v) is 5.65. The predicted octanol–water partition coefficient (Wildman–Crippen LogP) is 4.00. The Balaban J connectivity index is 1.66. The van der Waals surface area contributed by atoms with Gasteiger partial charge in [0.05, 0.1) is 23.6 Å². The van der Waals surface area contributed by atoms with Gasteiger partial charge in [-0.05, 0) is 30.3 Å². The van der Waals surface area contributed by atoms with Crippen molar-refractivity contribution in [2.75, 3.05) is 10.6 Å². The maximum Gasteiger partial charge on any atom is 0.416 e. The van der Waals surface area contributed by atoms with Gasteiger partial charge in [-0.15, -0.1) is 0 Å². The molecule has 142 valence electrons. The van der Waals surface area contributed by atoms with E-state index < -0.39 is 17.6 Å². The largest absolute Gasteiger partial charge is 0.416 e. The number of anilines is 2. The van der Waals surface area contributed by atoms with E-state index in [4.69, 9.17) is 0 Å². The highest BCUT2D eigenvalue weighted by atomic mass is 19.4. The Morgan fingerprint density at radius 2 is 1.39 bits per heavy atom. The molecule has 0 bridgehead atoms. The molecule has 0 atom stereocenters. The Labute approximate surface area is 157 Å². The van der Waals surface area contributed by atoms with Crippen molar-refractivity contribution in [1.82, 2.24) is 9.97 Å². The molecule has 0 aliphatic heterocycles. The molecule has 0 saturated heterocycles. The van der Waals surface area contributed by atoms with Crippen molar-refractivity contribution >= 4 is 23.5 Å². The third-order valence-corrected chi connectivity index (χ3v) is 3.62. The highest BCUT2D eigenvalue weighted by Crippen LogP contribution is 2.29. The molecule has 28 heavy (non-hydrogen) atoms. The van der Waals surface area contributed by atoms with E-state index in [2.05, 4.69) is 20.6 Å². The van der Waals surface area contributed by atoms with E-state index in [0.29, 0.717) is 11.3 Å². The first-order valence-electron chi connectivity index (χ1n) is 8.00. The normalized spacial score (nSPS) is 11.0. The number of aromatic nitrogens is 2. The maximum absolute atomic E-state index is 12.7.